The van der Waals surface area contributed by atoms with Crippen molar-refractivity contribution < 1.29 is 19.1 Å². The SMILES string of the molecule is CC[C@@H]1CN(C)[C@H]2Cc3c([nH]c4ccccc34)[C@@H](c3cc4c(cc3OC)C(=O)[C@@]3(CCN5C[C@H]6C[C@H](CC)[C@H]5[C@H]3C6)N4)C[C@H]1[C@@H]2C(=O)OC. The molecule has 2 N–H and O–H groups in total. The number of carbonyl (C=O) groups excluding carboxylic acids is 2. The van der Waals surface area contributed by atoms with Gasteiger partial charge in [0.1, 0.15) is 11.3 Å². The van der Waals surface area contributed by atoms with Crippen LogP contribution in [0.4, 0.5) is 5.69 Å². The molecule has 0 amide bonds. The topological polar surface area (TPSA) is 86.9 Å². The molecule has 1 spiro atoms. The zero-order valence-corrected chi connectivity index (χ0v) is 29.8. The summed E-state index contributed by atoms with van der Waals surface area (Å²) in [6.07, 6.45) is 7.05. The summed E-state index contributed by atoms with van der Waals surface area (Å²) in [7, 11) is 5.46. The van der Waals surface area contributed by atoms with E-state index >= 15 is 0 Å². The molecular formula is C41H52N4O4. The van der Waals surface area contributed by atoms with Crippen molar-refractivity contribution in [3.63, 3.8) is 0 Å². The van der Waals surface area contributed by atoms with Gasteiger partial charge < -0.3 is 24.7 Å². The average molecular weight is 665 g/mol. The van der Waals surface area contributed by atoms with Gasteiger partial charge in [-0.1, -0.05) is 44.9 Å². The minimum atomic E-state index is -0.544. The van der Waals surface area contributed by atoms with Crippen LogP contribution in [0.2, 0.25) is 0 Å². The molecule has 1 saturated carbocycles. The molecule has 260 valence electrons. The molecule has 5 fully saturated rings. The summed E-state index contributed by atoms with van der Waals surface area (Å²) in [5.74, 6) is 2.86. The molecule has 3 aromatic rings. The van der Waals surface area contributed by atoms with Crippen molar-refractivity contribution in [1.82, 2.24) is 14.8 Å². The number of carbonyl (C=O) groups is 2. The van der Waals surface area contributed by atoms with E-state index in [1.54, 1.807) is 14.2 Å². The average Bonchev–Trinajstić information content (AvgIpc) is 3.62. The third-order valence-electron chi connectivity index (χ3n) is 14.4. The number of likely N-dealkylation sites (tertiary alicyclic amines) is 1. The highest BCUT2D eigenvalue weighted by Crippen LogP contribution is 2.57. The number of aromatic nitrogens is 1. The number of nitrogens with one attached hydrogen (secondary N) is 2. The number of methoxy groups -OCH3 is 2. The summed E-state index contributed by atoms with van der Waals surface area (Å²) in [5, 5.41) is 5.19. The Kier molecular flexibility index (Phi) is 7.48. The molecule has 1 unspecified atom stereocenters. The Bertz CT molecular complexity index is 1810. The van der Waals surface area contributed by atoms with Crippen LogP contribution in [0.15, 0.2) is 36.4 Å². The Labute approximate surface area is 290 Å². The van der Waals surface area contributed by atoms with Crippen molar-refractivity contribution in [2.75, 3.05) is 46.2 Å². The number of Topliss-reactive ketones (excluding diaryl/α,β-unsaturated/α-hetero) is 1. The van der Waals surface area contributed by atoms with Gasteiger partial charge in [0.2, 0.25) is 0 Å². The fraction of sp³-hybridized carbons (Fsp3) is 0.610. The molecule has 6 bridgehead atoms. The summed E-state index contributed by atoms with van der Waals surface area (Å²) in [6, 6.07) is 13.4. The summed E-state index contributed by atoms with van der Waals surface area (Å²) >= 11 is 0. The normalized spacial score (nSPS) is 37.7. The molecule has 1 aromatic heterocycles. The first-order valence-corrected chi connectivity index (χ1v) is 19.0. The van der Waals surface area contributed by atoms with Crippen LogP contribution in [0.5, 0.6) is 5.75 Å². The van der Waals surface area contributed by atoms with E-state index in [0.717, 1.165) is 73.3 Å². The first-order valence-electron chi connectivity index (χ1n) is 19.0. The minimum Gasteiger partial charge on any atom is -0.496 e. The molecule has 6 heterocycles. The zero-order valence-electron chi connectivity index (χ0n) is 29.8. The predicted octanol–water partition coefficient (Wildman–Crippen LogP) is 6.49. The number of rotatable bonds is 5. The number of aromatic amines is 1. The molecule has 2 aromatic carbocycles. The Hall–Kier alpha value is -3.36. The van der Waals surface area contributed by atoms with Crippen LogP contribution in [-0.4, -0.2) is 85.1 Å². The first kappa shape index (κ1) is 31.6. The van der Waals surface area contributed by atoms with Crippen LogP contribution in [0.25, 0.3) is 10.9 Å². The summed E-state index contributed by atoms with van der Waals surface area (Å²) in [6.45, 7) is 7.73. The third-order valence-corrected chi connectivity index (χ3v) is 14.4. The monoisotopic (exact) mass is 664 g/mol. The number of esters is 1. The van der Waals surface area contributed by atoms with Crippen LogP contribution < -0.4 is 10.1 Å². The number of piperidine rings is 4. The number of benzene rings is 2. The summed E-state index contributed by atoms with van der Waals surface area (Å²) < 4.78 is 11.8. The molecule has 11 atom stereocenters. The van der Waals surface area contributed by atoms with Crippen molar-refractivity contribution in [3.8, 4) is 5.75 Å². The Morgan fingerprint density at radius 3 is 2.63 bits per heavy atom. The van der Waals surface area contributed by atoms with Crippen LogP contribution >= 0.6 is 0 Å². The van der Waals surface area contributed by atoms with Gasteiger partial charge in [0.15, 0.2) is 5.78 Å². The third kappa shape index (κ3) is 4.48. The number of anilines is 1. The number of ketones is 1. The standard InChI is InChI=1S/C41H52N4O4/c1-6-23-14-22-15-31-38(23)45(20-22)13-12-41(31)39(46)30-19-35(48-4)27(17-33(30)43-41)28-16-26-24(7-2)21-44(3)34(36(26)40(47)49-5)18-29-25-10-8-9-11-32(25)42-37(28)29/h8-11,17,19,22-24,26,28,31,34,36,38,42-43H,6-7,12-16,18,20-21H2,1-5H3/t22-,23-,24+,26+,28+,31+,34-,36-,38-,41-/m0/s1. The number of H-pyrrole nitrogens is 1. The Balaban J connectivity index is 1.19. The van der Waals surface area contributed by atoms with Crippen molar-refractivity contribution in [3.05, 3.63) is 58.8 Å². The second kappa shape index (κ2) is 11.6. The molecule has 2 aliphatic carbocycles. The van der Waals surface area contributed by atoms with Gasteiger partial charge in [-0.15, -0.1) is 0 Å². The Morgan fingerprint density at radius 2 is 1.86 bits per heavy atom. The molecule has 5 aliphatic heterocycles. The lowest BCUT2D eigenvalue weighted by atomic mass is 9.56. The summed E-state index contributed by atoms with van der Waals surface area (Å²) in [5.41, 5.74) is 5.90. The molecule has 49 heavy (non-hydrogen) atoms. The van der Waals surface area contributed by atoms with Crippen LogP contribution in [0, 0.1) is 35.5 Å². The van der Waals surface area contributed by atoms with Crippen molar-refractivity contribution in [1.29, 1.82) is 0 Å². The van der Waals surface area contributed by atoms with E-state index in [9.17, 15) is 9.59 Å². The second-order valence-corrected chi connectivity index (χ2v) is 16.4. The lowest BCUT2D eigenvalue weighted by molar-refractivity contribution is -0.155. The minimum absolute atomic E-state index is 0.0383. The van der Waals surface area contributed by atoms with Gasteiger partial charge >= 0.3 is 5.97 Å². The first-order chi connectivity index (χ1) is 23.8. The van der Waals surface area contributed by atoms with Gasteiger partial charge in [-0.25, -0.2) is 0 Å². The molecule has 8 nitrogen and oxygen atoms in total. The smallest absolute Gasteiger partial charge is 0.310 e. The van der Waals surface area contributed by atoms with Crippen LogP contribution in [-0.2, 0) is 16.0 Å². The van der Waals surface area contributed by atoms with Crippen LogP contribution in [0.3, 0.4) is 0 Å². The molecule has 4 saturated heterocycles. The number of ether oxygens (including phenoxy) is 2. The van der Waals surface area contributed by atoms with Gasteiger partial charge in [0.25, 0.3) is 0 Å². The van der Waals surface area contributed by atoms with Gasteiger partial charge in [0.05, 0.1) is 20.1 Å². The van der Waals surface area contributed by atoms with Crippen LogP contribution in [0.1, 0.15) is 85.5 Å². The Morgan fingerprint density at radius 1 is 1.04 bits per heavy atom. The fourth-order valence-electron chi connectivity index (χ4n) is 12.2. The maximum atomic E-state index is 14.7. The van der Waals surface area contributed by atoms with Gasteiger partial charge in [-0.05, 0) is 86.6 Å². The van der Waals surface area contributed by atoms with E-state index in [1.165, 1.54) is 36.0 Å². The van der Waals surface area contributed by atoms with E-state index in [-0.39, 0.29) is 35.5 Å². The van der Waals surface area contributed by atoms with E-state index in [1.807, 2.05) is 6.07 Å². The second-order valence-electron chi connectivity index (χ2n) is 16.4. The van der Waals surface area contributed by atoms with E-state index < -0.39 is 5.54 Å². The number of fused-ring (bicyclic) bond motifs is 7. The van der Waals surface area contributed by atoms with Crippen molar-refractivity contribution in [2.45, 2.75) is 82.3 Å². The fourth-order valence-corrected chi connectivity index (χ4v) is 12.2. The zero-order chi connectivity index (χ0) is 33.8. The molecule has 7 aliphatic rings. The molecule has 0 radical (unpaired) electrons. The number of hydrogen-bond acceptors (Lipinski definition) is 7. The predicted molar refractivity (Wildman–Crippen MR) is 191 cm³/mol. The van der Waals surface area contributed by atoms with Crippen molar-refractivity contribution >= 4 is 28.3 Å². The van der Waals surface area contributed by atoms with Gasteiger partial charge in [0, 0.05) is 77.0 Å². The number of likely N-dealkylation sites (N-methyl/N-ethyl adjacent to an activating group) is 1. The van der Waals surface area contributed by atoms with Gasteiger partial charge in [-0.3, -0.25) is 14.5 Å². The molecule has 10 rings (SSSR count). The largest absolute Gasteiger partial charge is 0.496 e. The van der Waals surface area contributed by atoms with Crippen molar-refractivity contribution in [2.24, 2.45) is 35.5 Å². The lowest BCUT2D eigenvalue weighted by Gasteiger charge is -2.62. The van der Waals surface area contributed by atoms with Gasteiger partial charge in [-0.2, -0.15) is 0 Å². The van der Waals surface area contributed by atoms with E-state index in [0.29, 0.717) is 29.7 Å². The highest BCUT2D eigenvalue weighted by Gasteiger charge is 2.62. The maximum Gasteiger partial charge on any atom is 0.310 e. The lowest BCUT2D eigenvalue weighted by Crippen LogP contribution is -2.70. The molecule has 8 heteroatoms. The highest BCUT2D eigenvalue weighted by atomic mass is 16.5. The highest BCUT2D eigenvalue weighted by molar-refractivity contribution is 6.14. The quantitative estimate of drug-likeness (QED) is 0.302. The van der Waals surface area contributed by atoms with E-state index in [4.69, 9.17) is 9.47 Å². The number of para-hydroxylation sites is 1. The maximum absolute atomic E-state index is 14.7. The van der Waals surface area contributed by atoms with E-state index in [2.05, 4.69) is 71.3 Å². The molecular weight excluding hydrogens is 612 g/mol. The summed E-state index contributed by atoms with van der Waals surface area (Å²) in [4.78, 5) is 37.5. The number of hydrogen-bond donors (Lipinski definition) is 2. The number of nitrogens with zero attached hydrogens (tertiary/aromatic N) is 2.